The summed E-state index contributed by atoms with van der Waals surface area (Å²) in [6.45, 7) is 8.46. The van der Waals surface area contributed by atoms with Crippen molar-refractivity contribution in [1.29, 1.82) is 0 Å². The van der Waals surface area contributed by atoms with E-state index in [0.29, 0.717) is 6.04 Å². The number of likely N-dealkylation sites (tertiary alicyclic amines) is 1. The lowest BCUT2D eigenvalue weighted by atomic mass is 10.0. The molecule has 1 saturated heterocycles. The molecule has 0 unspecified atom stereocenters. The fourth-order valence-corrected chi connectivity index (χ4v) is 3.81. The Bertz CT molecular complexity index is 731. The Labute approximate surface area is 143 Å². The van der Waals surface area contributed by atoms with Crippen LogP contribution in [0, 0.1) is 18.6 Å². The van der Waals surface area contributed by atoms with Crippen molar-refractivity contribution in [3.63, 3.8) is 0 Å². The van der Waals surface area contributed by atoms with Gasteiger partial charge in [-0.25, -0.2) is 4.68 Å². The maximum Gasteiger partial charge on any atom is 0.203 e. The third-order valence-electron chi connectivity index (χ3n) is 4.88. The van der Waals surface area contributed by atoms with Crippen LogP contribution in [0.2, 0.25) is 0 Å². The molecule has 1 fully saturated rings. The normalized spacial score (nSPS) is 19.2. The number of benzene rings is 1. The number of piperidine rings is 1. The van der Waals surface area contributed by atoms with Crippen LogP contribution in [0.25, 0.3) is 5.69 Å². The summed E-state index contributed by atoms with van der Waals surface area (Å²) in [5.74, 6) is 0. The van der Waals surface area contributed by atoms with Gasteiger partial charge in [0, 0.05) is 12.6 Å². The van der Waals surface area contributed by atoms with E-state index in [2.05, 4.69) is 49.0 Å². The van der Waals surface area contributed by atoms with Crippen LogP contribution in [-0.4, -0.2) is 31.8 Å². The first-order valence-corrected chi connectivity index (χ1v) is 8.97. The average molecular weight is 331 g/mol. The van der Waals surface area contributed by atoms with Crippen molar-refractivity contribution in [3.05, 3.63) is 40.4 Å². The molecule has 0 saturated carbocycles. The van der Waals surface area contributed by atoms with Crippen molar-refractivity contribution in [3.8, 4) is 5.69 Å². The molecule has 1 aromatic heterocycles. The summed E-state index contributed by atoms with van der Waals surface area (Å²) in [5.41, 5.74) is 3.62. The second-order valence-corrected chi connectivity index (χ2v) is 6.95. The highest BCUT2D eigenvalue weighted by Gasteiger charge is 2.21. The van der Waals surface area contributed by atoms with E-state index >= 15 is 0 Å². The summed E-state index contributed by atoms with van der Waals surface area (Å²) >= 11 is 5.68. The van der Waals surface area contributed by atoms with Crippen LogP contribution in [0.15, 0.2) is 24.5 Å². The van der Waals surface area contributed by atoms with Gasteiger partial charge in [0.1, 0.15) is 6.33 Å². The van der Waals surface area contributed by atoms with Gasteiger partial charge in [0.2, 0.25) is 4.77 Å². The minimum Gasteiger partial charge on any atom is -0.281 e. The fourth-order valence-electron chi connectivity index (χ4n) is 3.56. The van der Waals surface area contributed by atoms with Gasteiger partial charge in [-0.2, -0.15) is 5.10 Å². The topological polar surface area (TPSA) is 26.0 Å². The SMILES string of the molecule is CC[C@@H]1CCCCN1Cn1ncn(-c2ccc(C)cc2C)c1=S. The van der Waals surface area contributed by atoms with Crippen LogP contribution >= 0.6 is 12.2 Å². The zero-order valence-electron chi connectivity index (χ0n) is 14.3. The monoisotopic (exact) mass is 330 g/mol. The molecule has 3 rings (SSSR count). The van der Waals surface area contributed by atoms with Crippen molar-refractivity contribution in [2.24, 2.45) is 0 Å². The van der Waals surface area contributed by atoms with E-state index in [9.17, 15) is 0 Å². The van der Waals surface area contributed by atoms with Crippen molar-refractivity contribution in [2.45, 2.75) is 59.2 Å². The van der Waals surface area contributed by atoms with Gasteiger partial charge in [-0.1, -0.05) is 31.0 Å². The summed E-state index contributed by atoms with van der Waals surface area (Å²) in [6, 6.07) is 7.10. The summed E-state index contributed by atoms with van der Waals surface area (Å²) in [4.78, 5) is 2.53. The highest BCUT2D eigenvalue weighted by atomic mass is 32.1. The van der Waals surface area contributed by atoms with E-state index in [0.717, 1.165) is 23.7 Å². The Morgan fingerprint density at radius 2 is 2.09 bits per heavy atom. The van der Waals surface area contributed by atoms with E-state index < -0.39 is 0 Å². The number of aromatic nitrogens is 3. The zero-order valence-corrected chi connectivity index (χ0v) is 15.1. The molecule has 0 aliphatic carbocycles. The minimum absolute atomic E-state index is 0.664. The molecule has 1 aromatic carbocycles. The first-order valence-electron chi connectivity index (χ1n) is 8.56. The molecule has 124 valence electrons. The Morgan fingerprint density at radius 1 is 1.26 bits per heavy atom. The van der Waals surface area contributed by atoms with Gasteiger partial charge in [0.05, 0.1) is 12.4 Å². The standard InChI is InChI=1S/C18H26N4S/c1-4-16-7-5-6-10-20(16)13-22-18(23)21(12-19-22)17-9-8-14(2)11-15(17)3/h8-9,11-12,16H,4-7,10,13H2,1-3H3/t16-/m1/s1. The maximum atomic E-state index is 5.68. The van der Waals surface area contributed by atoms with Gasteiger partial charge in [0.15, 0.2) is 0 Å². The Kier molecular flexibility index (Phi) is 4.97. The van der Waals surface area contributed by atoms with Crippen LogP contribution in [0.5, 0.6) is 0 Å². The Balaban J connectivity index is 1.86. The third kappa shape index (κ3) is 3.40. The lowest BCUT2D eigenvalue weighted by Crippen LogP contribution is -2.40. The molecule has 1 atom stereocenters. The Morgan fingerprint density at radius 3 is 2.83 bits per heavy atom. The number of hydrogen-bond donors (Lipinski definition) is 0. The number of rotatable bonds is 4. The molecule has 0 N–H and O–H groups in total. The molecular weight excluding hydrogens is 304 g/mol. The lowest BCUT2D eigenvalue weighted by molar-refractivity contribution is 0.100. The van der Waals surface area contributed by atoms with E-state index in [4.69, 9.17) is 12.2 Å². The molecule has 0 amide bonds. The van der Waals surface area contributed by atoms with Gasteiger partial charge < -0.3 is 0 Å². The van der Waals surface area contributed by atoms with Gasteiger partial charge in [-0.15, -0.1) is 0 Å². The molecule has 1 aliphatic rings. The first kappa shape index (κ1) is 16.4. The summed E-state index contributed by atoms with van der Waals surface area (Å²) < 4.78 is 4.76. The van der Waals surface area contributed by atoms with Crippen LogP contribution in [0.1, 0.15) is 43.7 Å². The van der Waals surface area contributed by atoms with Gasteiger partial charge in [0.25, 0.3) is 0 Å². The molecule has 2 aromatic rings. The van der Waals surface area contributed by atoms with Crippen molar-refractivity contribution in [1.82, 2.24) is 19.2 Å². The van der Waals surface area contributed by atoms with Gasteiger partial charge in [-0.3, -0.25) is 9.47 Å². The molecule has 0 radical (unpaired) electrons. The molecular formula is C18H26N4S. The molecule has 2 heterocycles. The van der Waals surface area contributed by atoms with Gasteiger partial charge in [-0.05, 0) is 57.0 Å². The number of hydrogen-bond acceptors (Lipinski definition) is 3. The van der Waals surface area contributed by atoms with E-state index in [-0.39, 0.29) is 0 Å². The molecule has 23 heavy (non-hydrogen) atoms. The van der Waals surface area contributed by atoms with Crippen molar-refractivity contribution < 1.29 is 0 Å². The molecule has 4 nitrogen and oxygen atoms in total. The molecule has 0 bridgehead atoms. The second kappa shape index (κ2) is 6.97. The molecule has 5 heteroatoms. The molecule has 0 spiro atoms. The van der Waals surface area contributed by atoms with Crippen molar-refractivity contribution in [2.75, 3.05) is 6.54 Å². The minimum atomic E-state index is 0.664. The smallest absolute Gasteiger partial charge is 0.203 e. The largest absolute Gasteiger partial charge is 0.281 e. The van der Waals surface area contributed by atoms with Crippen molar-refractivity contribution >= 4 is 12.2 Å². The third-order valence-corrected chi connectivity index (χ3v) is 5.29. The van der Waals surface area contributed by atoms with Crippen LogP contribution < -0.4 is 0 Å². The van der Waals surface area contributed by atoms with Gasteiger partial charge >= 0.3 is 0 Å². The quantitative estimate of drug-likeness (QED) is 0.784. The highest BCUT2D eigenvalue weighted by Crippen LogP contribution is 2.21. The second-order valence-electron chi connectivity index (χ2n) is 6.58. The Hall–Kier alpha value is -1.46. The predicted octanol–water partition coefficient (Wildman–Crippen LogP) is 4.24. The number of aryl methyl sites for hydroxylation is 2. The fraction of sp³-hybridized carbons (Fsp3) is 0.556. The average Bonchev–Trinajstić information content (AvgIpc) is 2.89. The predicted molar refractivity (Wildman–Crippen MR) is 96.5 cm³/mol. The van der Waals surface area contributed by atoms with E-state index in [1.807, 2.05) is 15.6 Å². The van der Waals surface area contributed by atoms with E-state index in [1.54, 1.807) is 0 Å². The van der Waals surface area contributed by atoms with Crippen LogP contribution in [0.4, 0.5) is 0 Å². The molecule has 1 aliphatic heterocycles. The number of nitrogens with zero attached hydrogens (tertiary/aromatic N) is 4. The summed E-state index contributed by atoms with van der Waals surface area (Å²) in [5, 5.41) is 4.55. The van der Waals surface area contributed by atoms with E-state index in [1.165, 1.54) is 36.8 Å². The summed E-state index contributed by atoms with van der Waals surface area (Å²) in [7, 11) is 0. The lowest BCUT2D eigenvalue weighted by Gasteiger charge is -2.34. The zero-order chi connectivity index (χ0) is 16.4. The summed E-state index contributed by atoms with van der Waals surface area (Å²) in [6.07, 6.45) is 6.97. The van der Waals surface area contributed by atoms with Crippen LogP contribution in [0.3, 0.4) is 0 Å². The maximum absolute atomic E-state index is 5.68. The van der Waals surface area contributed by atoms with Crippen LogP contribution in [-0.2, 0) is 6.67 Å². The highest BCUT2D eigenvalue weighted by molar-refractivity contribution is 7.71. The first-order chi connectivity index (χ1) is 11.1.